The lowest BCUT2D eigenvalue weighted by atomic mass is 10.1. The van der Waals surface area contributed by atoms with Gasteiger partial charge in [-0.2, -0.15) is 5.10 Å². The zero-order chi connectivity index (χ0) is 14.1. The van der Waals surface area contributed by atoms with Gasteiger partial charge in [-0.3, -0.25) is 4.79 Å². The van der Waals surface area contributed by atoms with Gasteiger partial charge >= 0.3 is 5.97 Å². The van der Waals surface area contributed by atoms with Gasteiger partial charge in [0.15, 0.2) is 5.65 Å². The van der Waals surface area contributed by atoms with Crippen molar-refractivity contribution in [1.29, 1.82) is 0 Å². The van der Waals surface area contributed by atoms with Gasteiger partial charge in [0.2, 0.25) is 0 Å². The molecule has 0 unspecified atom stereocenters. The number of carbonyl (C=O) groups is 1. The third-order valence-electron chi connectivity index (χ3n) is 3.11. The smallest absolute Gasteiger partial charge is 0.309 e. The van der Waals surface area contributed by atoms with E-state index in [0.717, 1.165) is 11.3 Å². The average molecular weight is 267 g/mol. The van der Waals surface area contributed by atoms with Crippen molar-refractivity contribution in [3.05, 3.63) is 53.9 Å². The highest BCUT2D eigenvalue weighted by molar-refractivity contribution is 5.70. The topological polar surface area (TPSA) is 67.5 Å². The van der Waals surface area contributed by atoms with E-state index >= 15 is 0 Å². The maximum atomic E-state index is 10.8. The molecule has 5 heteroatoms. The van der Waals surface area contributed by atoms with Crippen molar-refractivity contribution >= 4 is 11.6 Å². The number of nitrogens with zero attached hydrogens (tertiary/aromatic N) is 3. The van der Waals surface area contributed by atoms with Crippen LogP contribution in [-0.2, 0) is 11.2 Å². The van der Waals surface area contributed by atoms with Crippen molar-refractivity contribution in [2.24, 2.45) is 0 Å². The van der Waals surface area contributed by atoms with Crippen LogP contribution in [0.15, 0.2) is 42.6 Å². The average Bonchev–Trinajstić information content (AvgIpc) is 2.81. The number of hydrogen-bond acceptors (Lipinski definition) is 3. The van der Waals surface area contributed by atoms with Gasteiger partial charge in [0.1, 0.15) is 0 Å². The van der Waals surface area contributed by atoms with Crippen LogP contribution < -0.4 is 0 Å². The largest absolute Gasteiger partial charge is 0.481 e. The number of aliphatic carboxylic acids is 1. The van der Waals surface area contributed by atoms with Crippen LogP contribution in [-0.4, -0.2) is 25.7 Å². The zero-order valence-corrected chi connectivity index (χ0v) is 10.9. The first-order valence-corrected chi connectivity index (χ1v) is 6.26. The second-order valence-electron chi connectivity index (χ2n) is 4.67. The molecule has 0 spiro atoms. The molecule has 0 aliphatic carbocycles. The molecule has 1 aromatic carbocycles. The van der Waals surface area contributed by atoms with E-state index in [1.54, 1.807) is 10.7 Å². The molecule has 100 valence electrons. The number of benzene rings is 1. The van der Waals surface area contributed by atoms with Gasteiger partial charge in [-0.25, -0.2) is 9.50 Å². The molecule has 2 aromatic heterocycles. The fourth-order valence-electron chi connectivity index (χ4n) is 2.07. The molecule has 0 radical (unpaired) electrons. The van der Waals surface area contributed by atoms with Crippen LogP contribution in [0.5, 0.6) is 0 Å². The van der Waals surface area contributed by atoms with Gasteiger partial charge in [0.05, 0.1) is 24.0 Å². The fraction of sp³-hybridized carbons (Fsp3) is 0.133. The molecular weight excluding hydrogens is 254 g/mol. The molecule has 0 saturated carbocycles. The Morgan fingerprint density at radius 1 is 1.20 bits per heavy atom. The van der Waals surface area contributed by atoms with Crippen molar-refractivity contribution in [2.45, 2.75) is 13.3 Å². The highest BCUT2D eigenvalue weighted by Crippen LogP contribution is 2.18. The van der Waals surface area contributed by atoms with Crippen molar-refractivity contribution in [1.82, 2.24) is 14.6 Å². The van der Waals surface area contributed by atoms with Gasteiger partial charge in [-0.1, -0.05) is 29.8 Å². The molecule has 0 aliphatic rings. The van der Waals surface area contributed by atoms with Gasteiger partial charge in [0.25, 0.3) is 0 Å². The Morgan fingerprint density at radius 3 is 2.65 bits per heavy atom. The monoisotopic (exact) mass is 267 g/mol. The number of carboxylic acids is 1. The summed E-state index contributed by atoms with van der Waals surface area (Å²) in [6.45, 7) is 2.03. The number of imidazole rings is 1. The van der Waals surface area contributed by atoms with E-state index in [9.17, 15) is 4.79 Å². The quantitative estimate of drug-likeness (QED) is 0.790. The molecule has 0 saturated heterocycles. The summed E-state index contributed by atoms with van der Waals surface area (Å²) < 4.78 is 1.59. The summed E-state index contributed by atoms with van der Waals surface area (Å²) in [5, 5.41) is 13.4. The van der Waals surface area contributed by atoms with Crippen LogP contribution in [0, 0.1) is 6.92 Å². The molecule has 20 heavy (non-hydrogen) atoms. The van der Waals surface area contributed by atoms with E-state index in [2.05, 4.69) is 10.1 Å². The Labute approximate surface area is 115 Å². The van der Waals surface area contributed by atoms with Crippen LogP contribution in [0.1, 0.15) is 11.3 Å². The lowest BCUT2D eigenvalue weighted by molar-refractivity contribution is -0.136. The summed E-state index contributed by atoms with van der Waals surface area (Å²) in [6, 6.07) is 11.8. The lowest BCUT2D eigenvalue weighted by Crippen LogP contribution is -2.05. The Bertz CT molecular complexity index is 775. The Hall–Kier alpha value is -2.69. The summed E-state index contributed by atoms with van der Waals surface area (Å²) >= 11 is 0. The minimum atomic E-state index is -0.894. The summed E-state index contributed by atoms with van der Waals surface area (Å²) in [4.78, 5) is 15.0. The SMILES string of the molecule is Cc1ccc(-c2ccc3ncc(CC(=O)O)n3n2)cc1. The predicted octanol–water partition coefficient (Wildman–Crippen LogP) is 2.33. The van der Waals surface area contributed by atoms with Crippen LogP contribution in [0.4, 0.5) is 0 Å². The molecule has 3 rings (SSSR count). The van der Waals surface area contributed by atoms with E-state index in [1.165, 1.54) is 5.56 Å². The van der Waals surface area contributed by atoms with Crippen LogP contribution in [0.25, 0.3) is 16.9 Å². The fourth-order valence-corrected chi connectivity index (χ4v) is 2.07. The van der Waals surface area contributed by atoms with E-state index in [4.69, 9.17) is 5.11 Å². The Kier molecular flexibility index (Phi) is 2.95. The standard InChI is InChI=1S/C15H13N3O2/c1-10-2-4-11(5-3-10)13-6-7-14-16-9-12(8-15(19)20)18(14)17-13/h2-7,9H,8H2,1H3,(H,19,20). The Morgan fingerprint density at radius 2 is 1.95 bits per heavy atom. The number of rotatable bonds is 3. The summed E-state index contributed by atoms with van der Waals surface area (Å²) in [5.41, 5.74) is 4.19. The maximum absolute atomic E-state index is 10.8. The number of carboxylic acid groups (broad SMARTS) is 1. The van der Waals surface area contributed by atoms with Crippen molar-refractivity contribution in [3.63, 3.8) is 0 Å². The van der Waals surface area contributed by atoms with E-state index < -0.39 is 5.97 Å². The third-order valence-corrected chi connectivity index (χ3v) is 3.11. The molecule has 2 heterocycles. The zero-order valence-electron chi connectivity index (χ0n) is 10.9. The summed E-state index contributed by atoms with van der Waals surface area (Å²) in [6.07, 6.45) is 1.46. The minimum Gasteiger partial charge on any atom is -0.481 e. The predicted molar refractivity (Wildman–Crippen MR) is 74.5 cm³/mol. The number of hydrogen-bond donors (Lipinski definition) is 1. The van der Waals surface area contributed by atoms with Gasteiger partial charge < -0.3 is 5.11 Å². The van der Waals surface area contributed by atoms with E-state index in [1.807, 2.05) is 43.3 Å². The Balaban J connectivity index is 2.09. The van der Waals surface area contributed by atoms with Crippen molar-refractivity contribution in [2.75, 3.05) is 0 Å². The molecular formula is C15H13N3O2. The lowest BCUT2D eigenvalue weighted by Gasteiger charge is -2.04. The number of aromatic nitrogens is 3. The molecule has 0 fully saturated rings. The normalized spacial score (nSPS) is 10.8. The van der Waals surface area contributed by atoms with E-state index in [-0.39, 0.29) is 6.42 Å². The van der Waals surface area contributed by atoms with Crippen LogP contribution in [0.3, 0.4) is 0 Å². The van der Waals surface area contributed by atoms with Crippen molar-refractivity contribution in [3.8, 4) is 11.3 Å². The molecule has 3 aromatic rings. The molecule has 0 amide bonds. The van der Waals surface area contributed by atoms with Crippen molar-refractivity contribution < 1.29 is 9.90 Å². The van der Waals surface area contributed by atoms with E-state index in [0.29, 0.717) is 11.3 Å². The summed E-state index contributed by atoms with van der Waals surface area (Å²) in [7, 11) is 0. The second-order valence-corrected chi connectivity index (χ2v) is 4.67. The molecule has 1 N–H and O–H groups in total. The second kappa shape index (κ2) is 4.77. The summed E-state index contributed by atoms with van der Waals surface area (Å²) in [5.74, 6) is -0.894. The van der Waals surface area contributed by atoms with Crippen LogP contribution in [0.2, 0.25) is 0 Å². The first kappa shape index (κ1) is 12.3. The molecule has 0 bridgehead atoms. The first-order chi connectivity index (χ1) is 9.63. The van der Waals surface area contributed by atoms with Gasteiger partial charge in [0, 0.05) is 5.56 Å². The highest BCUT2D eigenvalue weighted by atomic mass is 16.4. The number of fused-ring (bicyclic) bond motifs is 1. The van der Waals surface area contributed by atoms with Crippen LogP contribution >= 0.6 is 0 Å². The third kappa shape index (κ3) is 2.25. The van der Waals surface area contributed by atoms with Gasteiger partial charge in [-0.15, -0.1) is 0 Å². The maximum Gasteiger partial charge on any atom is 0.309 e. The molecule has 0 atom stereocenters. The number of aryl methyl sites for hydroxylation is 1. The first-order valence-electron chi connectivity index (χ1n) is 6.26. The minimum absolute atomic E-state index is 0.0917. The molecule has 5 nitrogen and oxygen atoms in total. The van der Waals surface area contributed by atoms with Gasteiger partial charge in [-0.05, 0) is 19.1 Å². The highest BCUT2D eigenvalue weighted by Gasteiger charge is 2.09. The molecule has 0 aliphatic heterocycles.